The van der Waals surface area contributed by atoms with Crippen molar-refractivity contribution < 1.29 is 0 Å². The minimum absolute atomic E-state index is 1.17. The molecule has 1 heterocycles. The average molecular weight is 586 g/mol. The van der Waals surface area contributed by atoms with Crippen molar-refractivity contribution in [3.63, 3.8) is 0 Å². The Labute approximate surface area is 268 Å². The highest BCUT2D eigenvalue weighted by molar-refractivity contribution is 6.33. The largest absolute Gasteiger partial charge is 0.309 e. The Balaban J connectivity index is 1.39. The summed E-state index contributed by atoms with van der Waals surface area (Å²) in [6, 6.07) is 53.5. The third-order valence-corrected chi connectivity index (χ3v) is 9.45. The van der Waals surface area contributed by atoms with E-state index in [9.17, 15) is 0 Å². The molecule has 46 heavy (non-hydrogen) atoms. The topological polar surface area (TPSA) is 4.93 Å². The van der Waals surface area contributed by atoms with Crippen molar-refractivity contribution in [2.75, 3.05) is 0 Å². The van der Waals surface area contributed by atoms with Gasteiger partial charge in [-0.25, -0.2) is 0 Å². The van der Waals surface area contributed by atoms with Crippen LogP contribution < -0.4 is 0 Å². The summed E-state index contributed by atoms with van der Waals surface area (Å²) in [6.45, 7) is 2.06. The van der Waals surface area contributed by atoms with Gasteiger partial charge < -0.3 is 4.57 Å². The molecule has 216 valence electrons. The van der Waals surface area contributed by atoms with Crippen LogP contribution >= 0.6 is 0 Å². The van der Waals surface area contributed by atoms with Gasteiger partial charge in [-0.15, -0.1) is 0 Å². The van der Waals surface area contributed by atoms with Gasteiger partial charge in [-0.2, -0.15) is 0 Å². The number of nitrogens with zero attached hydrogens (tertiary/aromatic N) is 1. The molecule has 0 bridgehead atoms. The first-order chi connectivity index (χ1) is 22.8. The molecule has 0 aliphatic heterocycles. The molecule has 8 aromatic carbocycles. The lowest BCUT2D eigenvalue weighted by Crippen LogP contribution is -1.93. The molecule has 0 atom stereocenters. The first-order valence-electron chi connectivity index (χ1n) is 16.0. The van der Waals surface area contributed by atoms with Crippen molar-refractivity contribution in [2.24, 2.45) is 0 Å². The Bertz CT molecular complexity index is 2690. The predicted molar refractivity (Wildman–Crippen MR) is 200 cm³/mol. The smallest absolute Gasteiger partial charge is 0.0547 e. The first kappa shape index (κ1) is 26.5. The lowest BCUT2D eigenvalue weighted by atomic mass is 9.87. The summed E-state index contributed by atoms with van der Waals surface area (Å²) in [5.41, 5.74) is 7.25. The zero-order valence-corrected chi connectivity index (χ0v) is 25.6. The van der Waals surface area contributed by atoms with Crippen LogP contribution in [0.25, 0.3) is 87.8 Å². The maximum absolute atomic E-state index is 2.41. The number of benzene rings is 8. The molecular weight excluding hydrogens is 555 g/mol. The summed E-state index contributed by atoms with van der Waals surface area (Å²) in [5, 5.41) is 12.9. The van der Waals surface area contributed by atoms with E-state index in [-0.39, 0.29) is 0 Å². The Morgan fingerprint density at radius 1 is 0.435 bits per heavy atom. The summed E-state index contributed by atoms with van der Waals surface area (Å²) in [5.74, 6) is 0. The van der Waals surface area contributed by atoms with Gasteiger partial charge in [0.15, 0.2) is 0 Å². The fourth-order valence-electron chi connectivity index (χ4n) is 7.46. The van der Waals surface area contributed by atoms with Gasteiger partial charge in [0, 0.05) is 16.5 Å². The zero-order chi connectivity index (χ0) is 30.6. The normalized spacial score (nSPS) is 12.3. The molecule has 0 saturated carbocycles. The van der Waals surface area contributed by atoms with Crippen molar-refractivity contribution >= 4 is 71.0 Å². The number of allylic oxidation sites excluding steroid dienone is 3. The summed E-state index contributed by atoms with van der Waals surface area (Å²) in [4.78, 5) is 0. The Kier molecular flexibility index (Phi) is 6.11. The van der Waals surface area contributed by atoms with E-state index in [0.717, 1.165) is 0 Å². The van der Waals surface area contributed by atoms with Gasteiger partial charge >= 0.3 is 0 Å². The van der Waals surface area contributed by atoms with Crippen LogP contribution in [-0.4, -0.2) is 4.57 Å². The van der Waals surface area contributed by atoms with Gasteiger partial charge in [-0.05, 0) is 103 Å². The van der Waals surface area contributed by atoms with E-state index in [2.05, 4.69) is 181 Å². The molecule has 1 heteroatoms. The van der Waals surface area contributed by atoms with Crippen molar-refractivity contribution in [3.05, 3.63) is 169 Å². The minimum Gasteiger partial charge on any atom is -0.309 e. The fraction of sp³-hybridized carbons (Fsp3) is 0.0222. The lowest BCUT2D eigenvalue weighted by molar-refractivity contribution is 1.18. The van der Waals surface area contributed by atoms with Gasteiger partial charge in [0.25, 0.3) is 0 Å². The summed E-state index contributed by atoms with van der Waals surface area (Å²) in [6.07, 6.45) is 8.63. The van der Waals surface area contributed by atoms with Crippen LogP contribution in [0.3, 0.4) is 0 Å². The molecule has 1 nitrogen and oxygen atoms in total. The third kappa shape index (κ3) is 4.02. The number of aromatic nitrogens is 1. The summed E-state index contributed by atoms with van der Waals surface area (Å²) in [7, 11) is 0. The number of para-hydroxylation sites is 2. The van der Waals surface area contributed by atoms with Crippen molar-refractivity contribution in [2.45, 2.75) is 6.92 Å². The quantitative estimate of drug-likeness (QED) is 0.143. The van der Waals surface area contributed by atoms with Crippen molar-refractivity contribution in [1.29, 1.82) is 0 Å². The number of hydrogen-bond donors (Lipinski definition) is 0. The minimum atomic E-state index is 1.17. The lowest BCUT2D eigenvalue weighted by Gasteiger charge is -2.17. The van der Waals surface area contributed by atoms with Crippen LogP contribution in [0.15, 0.2) is 164 Å². The SMILES string of the molecule is C/C=C\C=C/c1cc(-c2ccc3c4ccccc4n(-c4ccccc4)c3c2)cc2c3ccccc3c3c4ccccc4ccc3c12. The number of rotatable bonds is 4. The molecule has 0 unspecified atom stereocenters. The second-order valence-corrected chi connectivity index (χ2v) is 12.0. The van der Waals surface area contributed by atoms with Crippen LogP contribution in [0.1, 0.15) is 12.5 Å². The second-order valence-electron chi connectivity index (χ2n) is 12.0. The monoisotopic (exact) mass is 585 g/mol. The first-order valence-corrected chi connectivity index (χ1v) is 16.0. The third-order valence-electron chi connectivity index (χ3n) is 9.45. The van der Waals surface area contributed by atoms with Gasteiger partial charge in [0.05, 0.1) is 11.0 Å². The molecule has 1 aromatic heterocycles. The van der Waals surface area contributed by atoms with E-state index in [0.29, 0.717) is 0 Å². The van der Waals surface area contributed by atoms with Crippen molar-refractivity contribution in [3.8, 4) is 16.8 Å². The molecule has 0 aliphatic rings. The predicted octanol–water partition coefficient (Wildman–Crippen LogP) is 12.7. The van der Waals surface area contributed by atoms with Crippen molar-refractivity contribution in [1.82, 2.24) is 4.57 Å². The summed E-state index contributed by atoms with van der Waals surface area (Å²) >= 11 is 0. The molecular formula is C45H31N. The number of hydrogen-bond acceptors (Lipinski definition) is 0. The molecule has 0 aliphatic carbocycles. The average Bonchev–Trinajstić information content (AvgIpc) is 3.45. The van der Waals surface area contributed by atoms with E-state index in [4.69, 9.17) is 0 Å². The van der Waals surface area contributed by atoms with E-state index in [1.807, 2.05) is 0 Å². The maximum Gasteiger partial charge on any atom is 0.0547 e. The Morgan fingerprint density at radius 2 is 1.13 bits per heavy atom. The Hall–Kier alpha value is -5.92. The molecule has 0 saturated heterocycles. The van der Waals surface area contributed by atoms with E-state index >= 15 is 0 Å². The van der Waals surface area contributed by atoms with Crippen LogP contribution in [0, 0.1) is 0 Å². The summed E-state index contributed by atoms with van der Waals surface area (Å²) < 4.78 is 2.40. The molecule has 0 radical (unpaired) electrons. The molecule has 0 spiro atoms. The van der Waals surface area contributed by atoms with Crippen LogP contribution in [-0.2, 0) is 0 Å². The Morgan fingerprint density at radius 3 is 1.98 bits per heavy atom. The van der Waals surface area contributed by atoms with Crippen LogP contribution in [0.5, 0.6) is 0 Å². The highest BCUT2D eigenvalue weighted by Gasteiger charge is 2.17. The van der Waals surface area contributed by atoms with Crippen LogP contribution in [0.2, 0.25) is 0 Å². The molecule has 0 fully saturated rings. The molecule has 9 aromatic rings. The van der Waals surface area contributed by atoms with E-state index in [1.54, 1.807) is 0 Å². The number of fused-ring (bicyclic) bond motifs is 11. The van der Waals surface area contributed by atoms with Gasteiger partial charge in [-0.1, -0.05) is 133 Å². The molecule has 9 rings (SSSR count). The van der Waals surface area contributed by atoms with Gasteiger partial charge in [0.2, 0.25) is 0 Å². The fourth-order valence-corrected chi connectivity index (χ4v) is 7.46. The van der Waals surface area contributed by atoms with Gasteiger partial charge in [-0.3, -0.25) is 0 Å². The standard InChI is InChI=1S/C45H31N/c1-2-3-5-15-32-27-33(31-24-25-38-37-20-12-13-22-42(37)46(43(38)29-31)34-16-6-4-7-17-34)28-41-36-19-10-11-21-39(36)45-35-18-9-8-14-30(35)23-26-40(45)44(32)41/h2-29H,1H3/b3-2-,15-5-. The van der Waals surface area contributed by atoms with E-state index in [1.165, 1.54) is 87.3 Å². The maximum atomic E-state index is 2.41. The zero-order valence-electron chi connectivity index (χ0n) is 25.6. The van der Waals surface area contributed by atoms with Gasteiger partial charge in [0.1, 0.15) is 0 Å². The highest BCUT2D eigenvalue weighted by atomic mass is 15.0. The molecule has 0 N–H and O–H groups in total. The second kappa shape index (κ2) is 10.6. The van der Waals surface area contributed by atoms with E-state index < -0.39 is 0 Å². The van der Waals surface area contributed by atoms with Crippen LogP contribution in [0.4, 0.5) is 0 Å². The molecule has 0 amide bonds. The highest BCUT2D eigenvalue weighted by Crippen LogP contribution is 2.43.